The Hall–Kier alpha value is -0.0400. The summed E-state index contributed by atoms with van der Waals surface area (Å²) in [6.07, 6.45) is 4.97. The van der Waals surface area contributed by atoms with Crippen molar-refractivity contribution in [2.75, 3.05) is 6.61 Å². The molecule has 0 radical (unpaired) electrons. The van der Waals surface area contributed by atoms with E-state index in [1.165, 1.54) is 19.3 Å². The first kappa shape index (κ1) is 12.0. The van der Waals surface area contributed by atoms with Crippen molar-refractivity contribution in [3.05, 3.63) is 0 Å². The third kappa shape index (κ3) is 3.57. The zero-order chi connectivity index (χ0) is 9.61. The molecule has 0 heterocycles. The lowest BCUT2D eigenvalue weighted by Crippen LogP contribution is -2.27. The van der Waals surface area contributed by atoms with E-state index in [1.54, 1.807) is 0 Å². The van der Waals surface area contributed by atoms with Gasteiger partial charge in [0.25, 0.3) is 0 Å². The van der Waals surface area contributed by atoms with Crippen molar-refractivity contribution >= 4 is 0 Å². The summed E-state index contributed by atoms with van der Waals surface area (Å²) < 4.78 is 0. The Morgan fingerprint density at radius 2 is 1.83 bits per heavy atom. The fraction of sp³-hybridized carbons (Fsp3) is 1.00. The van der Waals surface area contributed by atoms with Crippen LogP contribution < -0.4 is 0 Å². The molecular formula is C11H24O. The maximum absolute atomic E-state index is 9.26. The van der Waals surface area contributed by atoms with Crippen LogP contribution in [0.15, 0.2) is 0 Å². The number of hydrogen-bond donors (Lipinski definition) is 1. The molecule has 1 N–H and O–H groups in total. The smallest absolute Gasteiger partial charge is 0.0487 e. The first-order valence-electron chi connectivity index (χ1n) is 5.17. The topological polar surface area (TPSA) is 20.2 Å². The van der Waals surface area contributed by atoms with Gasteiger partial charge in [0.2, 0.25) is 0 Å². The Morgan fingerprint density at radius 3 is 2.17 bits per heavy atom. The van der Waals surface area contributed by atoms with E-state index in [0.29, 0.717) is 12.5 Å². The fourth-order valence-electron chi connectivity index (χ4n) is 1.33. The van der Waals surface area contributed by atoms with Crippen LogP contribution in [0.4, 0.5) is 0 Å². The van der Waals surface area contributed by atoms with Crippen molar-refractivity contribution in [2.45, 2.75) is 53.4 Å². The zero-order valence-electron chi connectivity index (χ0n) is 9.06. The minimum absolute atomic E-state index is 0.148. The highest BCUT2D eigenvalue weighted by atomic mass is 16.3. The standard InChI is InChI=1S/C11H24O/c1-5-6-7-8-11(4,9-12)10(2)3/h10,12H,5-9H2,1-4H3/t11-/m1/s1. The van der Waals surface area contributed by atoms with Gasteiger partial charge in [-0.1, -0.05) is 47.0 Å². The molecule has 1 atom stereocenters. The van der Waals surface area contributed by atoms with Crippen LogP contribution in [-0.2, 0) is 0 Å². The molecule has 0 amide bonds. The van der Waals surface area contributed by atoms with Crippen LogP contribution in [0.3, 0.4) is 0 Å². The minimum atomic E-state index is 0.148. The molecule has 0 unspecified atom stereocenters. The second kappa shape index (κ2) is 5.58. The summed E-state index contributed by atoms with van der Waals surface area (Å²) in [7, 11) is 0. The zero-order valence-corrected chi connectivity index (χ0v) is 9.06. The van der Waals surface area contributed by atoms with E-state index < -0.39 is 0 Å². The van der Waals surface area contributed by atoms with Crippen molar-refractivity contribution in [1.82, 2.24) is 0 Å². The van der Waals surface area contributed by atoms with Crippen LogP contribution in [-0.4, -0.2) is 11.7 Å². The Kier molecular flexibility index (Phi) is 5.56. The van der Waals surface area contributed by atoms with Crippen molar-refractivity contribution in [3.63, 3.8) is 0 Å². The highest BCUT2D eigenvalue weighted by molar-refractivity contribution is 4.76. The van der Waals surface area contributed by atoms with E-state index in [1.807, 2.05) is 0 Å². The molecule has 12 heavy (non-hydrogen) atoms. The molecule has 0 spiro atoms. The Morgan fingerprint density at radius 1 is 1.25 bits per heavy atom. The van der Waals surface area contributed by atoms with Crippen molar-refractivity contribution < 1.29 is 5.11 Å². The van der Waals surface area contributed by atoms with Gasteiger partial charge in [-0.2, -0.15) is 0 Å². The van der Waals surface area contributed by atoms with Gasteiger partial charge in [-0.25, -0.2) is 0 Å². The molecule has 0 aliphatic carbocycles. The SMILES string of the molecule is CCCCC[C@](C)(CO)C(C)C. The van der Waals surface area contributed by atoms with E-state index in [-0.39, 0.29) is 5.41 Å². The average Bonchev–Trinajstić information content (AvgIpc) is 2.04. The summed E-state index contributed by atoms with van der Waals surface area (Å²) in [6, 6.07) is 0. The number of rotatable bonds is 6. The van der Waals surface area contributed by atoms with E-state index in [2.05, 4.69) is 27.7 Å². The maximum atomic E-state index is 9.26. The van der Waals surface area contributed by atoms with E-state index in [0.717, 1.165) is 6.42 Å². The summed E-state index contributed by atoms with van der Waals surface area (Å²) >= 11 is 0. The van der Waals surface area contributed by atoms with Crippen LogP contribution in [0.5, 0.6) is 0 Å². The molecule has 0 fully saturated rings. The Balaban J connectivity index is 3.80. The van der Waals surface area contributed by atoms with Crippen LogP contribution in [0.25, 0.3) is 0 Å². The van der Waals surface area contributed by atoms with E-state index in [4.69, 9.17) is 0 Å². The third-order valence-electron chi connectivity index (χ3n) is 3.11. The molecule has 0 bridgehead atoms. The number of aliphatic hydroxyl groups excluding tert-OH is 1. The molecule has 0 aliphatic heterocycles. The van der Waals surface area contributed by atoms with Gasteiger partial charge in [0.1, 0.15) is 0 Å². The highest BCUT2D eigenvalue weighted by Gasteiger charge is 2.26. The predicted octanol–water partition coefficient (Wildman–Crippen LogP) is 3.22. The lowest BCUT2D eigenvalue weighted by molar-refractivity contribution is 0.0826. The first-order valence-corrected chi connectivity index (χ1v) is 5.17. The van der Waals surface area contributed by atoms with Gasteiger partial charge < -0.3 is 5.11 Å². The summed E-state index contributed by atoms with van der Waals surface area (Å²) in [5, 5.41) is 9.26. The largest absolute Gasteiger partial charge is 0.396 e. The van der Waals surface area contributed by atoms with Crippen LogP contribution in [0.1, 0.15) is 53.4 Å². The number of unbranched alkanes of at least 4 members (excludes halogenated alkanes) is 2. The molecule has 0 saturated heterocycles. The monoisotopic (exact) mass is 172 g/mol. The molecule has 74 valence electrons. The molecule has 0 rings (SSSR count). The lowest BCUT2D eigenvalue weighted by atomic mass is 9.76. The molecule has 1 heteroatoms. The minimum Gasteiger partial charge on any atom is -0.396 e. The van der Waals surface area contributed by atoms with Crippen molar-refractivity contribution in [2.24, 2.45) is 11.3 Å². The van der Waals surface area contributed by atoms with Crippen molar-refractivity contribution in [1.29, 1.82) is 0 Å². The molecule has 0 aromatic heterocycles. The Labute approximate surface area is 77.2 Å². The van der Waals surface area contributed by atoms with Gasteiger partial charge in [-0.3, -0.25) is 0 Å². The van der Waals surface area contributed by atoms with Crippen LogP contribution in [0.2, 0.25) is 0 Å². The third-order valence-corrected chi connectivity index (χ3v) is 3.11. The summed E-state index contributed by atoms with van der Waals surface area (Å²) in [6.45, 7) is 9.12. The second-order valence-corrected chi connectivity index (χ2v) is 4.42. The van der Waals surface area contributed by atoms with Gasteiger partial charge in [-0.15, -0.1) is 0 Å². The fourth-order valence-corrected chi connectivity index (χ4v) is 1.33. The number of aliphatic hydroxyl groups is 1. The first-order chi connectivity index (χ1) is 5.56. The Bertz CT molecular complexity index is 110. The molecule has 0 saturated carbocycles. The van der Waals surface area contributed by atoms with Gasteiger partial charge in [-0.05, 0) is 17.8 Å². The van der Waals surface area contributed by atoms with Gasteiger partial charge in [0.15, 0.2) is 0 Å². The summed E-state index contributed by atoms with van der Waals surface area (Å²) in [4.78, 5) is 0. The highest BCUT2D eigenvalue weighted by Crippen LogP contribution is 2.32. The summed E-state index contributed by atoms with van der Waals surface area (Å²) in [5.74, 6) is 0.583. The molecule has 0 aliphatic rings. The second-order valence-electron chi connectivity index (χ2n) is 4.42. The molecular weight excluding hydrogens is 148 g/mol. The lowest BCUT2D eigenvalue weighted by Gasteiger charge is -2.31. The van der Waals surface area contributed by atoms with Gasteiger partial charge >= 0.3 is 0 Å². The van der Waals surface area contributed by atoms with E-state index in [9.17, 15) is 5.11 Å². The predicted molar refractivity (Wildman–Crippen MR) is 54.2 cm³/mol. The van der Waals surface area contributed by atoms with E-state index >= 15 is 0 Å². The quantitative estimate of drug-likeness (QED) is 0.610. The average molecular weight is 172 g/mol. The normalized spacial score (nSPS) is 16.5. The van der Waals surface area contributed by atoms with Gasteiger partial charge in [0, 0.05) is 6.61 Å². The van der Waals surface area contributed by atoms with Crippen LogP contribution >= 0.6 is 0 Å². The van der Waals surface area contributed by atoms with Gasteiger partial charge in [0.05, 0.1) is 0 Å². The molecule has 1 nitrogen and oxygen atoms in total. The molecule has 0 aromatic rings. The van der Waals surface area contributed by atoms with Crippen LogP contribution in [0, 0.1) is 11.3 Å². The number of hydrogen-bond acceptors (Lipinski definition) is 1. The molecule has 0 aromatic carbocycles. The summed E-state index contributed by atoms with van der Waals surface area (Å²) in [5.41, 5.74) is 0.148. The maximum Gasteiger partial charge on any atom is 0.0487 e. The van der Waals surface area contributed by atoms with Crippen molar-refractivity contribution in [3.8, 4) is 0 Å².